The van der Waals surface area contributed by atoms with E-state index in [1.807, 2.05) is 61.5 Å². The van der Waals surface area contributed by atoms with Crippen LogP contribution < -0.4 is 14.4 Å². The minimum atomic E-state index is -3.82. The molecule has 1 atom stereocenters. The van der Waals surface area contributed by atoms with E-state index < -0.39 is 28.5 Å². The number of amides is 2. The Labute approximate surface area is 243 Å². The summed E-state index contributed by atoms with van der Waals surface area (Å²) in [6.45, 7) is 3.78. The number of benzene rings is 3. The maximum atomic E-state index is 13.8. The molecule has 3 aromatic carbocycles. The Morgan fingerprint density at radius 1 is 0.951 bits per heavy atom. The highest BCUT2D eigenvalue weighted by Crippen LogP contribution is 2.24. The fourth-order valence-corrected chi connectivity index (χ4v) is 5.86. The Kier molecular flexibility index (Phi) is 10.0. The van der Waals surface area contributed by atoms with E-state index in [2.05, 4.69) is 5.32 Å². The molecule has 8 nitrogen and oxygen atoms in total. The van der Waals surface area contributed by atoms with Crippen LogP contribution in [0, 0.1) is 6.92 Å². The van der Waals surface area contributed by atoms with Crippen molar-refractivity contribution in [2.45, 2.75) is 64.8 Å². The predicted molar refractivity (Wildman–Crippen MR) is 161 cm³/mol. The first-order valence-electron chi connectivity index (χ1n) is 14.0. The molecule has 41 heavy (non-hydrogen) atoms. The number of nitrogens with zero attached hydrogens (tertiary/aromatic N) is 2. The van der Waals surface area contributed by atoms with Crippen molar-refractivity contribution >= 4 is 27.5 Å². The van der Waals surface area contributed by atoms with Crippen molar-refractivity contribution in [1.82, 2.24) is 10.2 Å². The van der Waals surface area contributed by atoms with Crippen LogP contribution in [-0.2, 0) is 32.8 Å². The second kappa shape index (κ2) is 13.7. The van der Waals surface area contributed by atoms with E-state index in [0.29, 0.717) is 18.0 Å². The topological polar surface area (TPSA) is 96.0 Å². The molecule has 1 fully saturated rings. The van der Waals surface area contributed by atoms with Crippen LogP contribution in [0.2, 0.25) is 0 Å². The summed E-state index contributed by atoms with van der Waals surface area (Å²) in [7, 11) is -3.82. The van der Waals surface area contributed by atoms with Gasteiger partial charge in [0.2, 0.25) is 21.8 Å². The van der Waals surface area contributed by atoms with Gasteiger partial charge in [-0.1, -0.05) is 67.4 Å². The highest BCUT2D eigenvalue weighted by Gasteiger charge is 2.31. The normalized spacial score (nSPS) is 14.3. The van der Waals surface area contributed by atoms with Gasteiger partial charge in [-0.25, -0.2) is 8.42 Å². The largest absolute Gasteiger partial charge is 0.489 e. The number of carbonyl (C=O) groups is 2. The molecule has 0 heterocycles. The molecule has 1 aliphatic carbocycles. The molecule has 3 aromatic rings. The summed E-state index contributed by atoms with van der Waals surface area (Å²) >= 11 is 0. The molecule has 218 valence electrons. The first-order valence-corrected chi connectivity index (χ1v) is 15.9. The maximum Gasteiger partial charge on any atom is 0.244 e. The summed E-state index contributed by atoms with van der Waals surface area (Å²) in [4.78, 5) is 28.5. The second-order valence-corrected chi connectivity index (χ2v) is 12.6. The summed E-state index contributed by atoms with van der Waals surface area (Å²) < 4.78 is 32.7. The van der Waals surface area contributed by atoms with Crippen LogP contribution in [0.25, 0.3) is 0 Å². The number of nitrogens with one attached hydrogen (secondary N) is 1. The van der Waals surface area contributed by atoms with Crippen LogP contribution in [0.3, 0.4) is 0 Å². The van der Waals surface area contributed by atoms with Crippen molar-refractivity contribution in [3.8, 4) is 5.75 Å². The van der Waals surface area contributed by atoms with Gasteiger partial charge in [0.15, 0.2) is 0 Å². The SMILES string of the molecule is Cc1ccccc1CN(C(=O)CN(c1ccc(OCc2ccccc2)cc1)S(C)(=O)=O)[C@@H](C)C(=O)NC1CCCC1. The van der Waals surface area contributed by atoms with E-state index in [1.165, 1.54) is 4.90 Å². The van der Waals surface area contributed by atoms with Crippen LogP contribution in [0.15, 0.2) is 78.9 Å². The van der Waals surface area contributed by atoms with E-state index >= 15 is 0 Å². The van der Waals surface area contributed by atoms with E-state index in [1.54, 1.807) is 31.2 Å². The standard InChI is InChI=1S/C32H39N3O5S/c1-24-11-7-8-14-27(24)21-34(25(2)32(37)33-28-15-9-10-16-28)31(36)22-35(41(3,38)39)29-17-19-30(20-18-29)40-23-26-12-5-4-6-13-26/h4-8,11-14,17-20,25,28H,9-10,15-16,21-23H2,1-3H3,(H,33,37)/t25-/m0/s1. The number of carbonyl (C=O) groups excluding carboxylic acids is 2. The van der Waals surface area contributed by atoms with Gasteiger partial charge >= 0.3 is 0 Å². The minimum Gasteiger partial charge on any atom is -0.489 e. The molecule has 1 N–H and O–H groups in total. The van der Waals surface area contributed by atoms with Crippen LogP contribution in [0.4, 0.5) is 5.69 Å². The van der Waals surface area contributed by atoms with Gasteiger partial charge in [-0.05, 0) is 67.6 Å². The lowest BCUT2D eigenvalue weighted by molar-refractivity contribution is -0.139. The summed E-state index contributed by atoms with van der Waals surface area (Å²) in [5, 5.41) is 3.08. The summed E-state index contributed by atoms with van der Waals surface area (Å²) in [6.07, 6.45) is 5.07. The van der Waals surface area contributed by atoms with E-state index in [-0.39, 0.29) is 18.5 Å². The van der Waals surface area contributed by atoms with Gasteiger partial charge in [0.05, 0.1) is 11.9 Å². The van der Waals surface area contributed by atoms with Crippen molar-refractivity contribution in [2.24, 2.45) is 0 Å². The molecule has 0 bridgehead atoms. The zero-order valence-corrected chi connectivity index (χ0v) is 24.8. The fourth-order valence-electron chi connectivity index (χ4n) is 5.01. The molecule has 0 spiro atoms. The van der Waals surface area contributed by atoms with Crippen LogP contribution >= 0.6 is 0 Å². The molecule has 0 saturated heterocycles. The average Bonchev–Trinajstić information content (AvgIpc) is 3.47. The lowest BCUT2D eigenvalue weighted by Crippen LogP contribution is -2.52. The quantitative estimate of drug-likeness (QED) is 0.333. The minimum absolute atomic E-state index is 0.107. The van der Waals surface area contributed by atoms with Crippen LogP contribution in [0.5, 0.6) is 5.75 Å². The number of hydrogen-bond donors (Lipinski definition) is 1. The highest BCUT2D eigenvalue weighted by molar-refractivity contribution is 7.92. The molecular formula is C32H39N3O5S. The van der Waals surface area contributed by atoms with E-state index in [0.717, 1.165) is 52.9 Å². The third-order valence-corrected chi connectivity index (χ3v) is 8.66. The van der Waals surface area contributed by atoms with E-state index in [4.69, 9.17) is 4.74 Å². The van der Waals surface area contributed by atoms with Gasteiger partial charge in [-0.15, -0.1) is 0 Å². The molecule has 9 heteroatoms. The fraction of sp³-hybridized carbons (Fsp3) is 0.375. The predicted octanol–water partition coefficient (Wildman–Crippen LogP) is 4.82. The lowest BCUT2D eigenvalue weighted by Gasteiger charge is -2.32. The summed E-state index contributed by atoms with van der Waals surface area (Å²) in [5.41, 5.74) is 3.23. The number of aryl methyl sites for hydroxylation is 1. The third-order valence-electron chi connectivity index (χ3n) is 7.52. The number of rotatable bonds is 12. The van der Waals surface area contributed by atoms with Crippen molar-refractivity contribution in [2.75, 3.05) is 17.1 Å². The monoisotopic (exact) mass is 577 g/mol. The van der Waals surface area contributed by atoms with Gasteiger partial charge in [0.1, 0.15) is 24.9 Å². The van der Waals surface area contributed by atoms with Gasteiger partial charge in [0, 0.05) is 12.6 Å². The molecule has 1 saturated carbocycles. The van der Waals surface area contributed by atoms with Gasteiger partial charge in [-0.3, -0.25) is 13.9 Å². The third kappa shape index (κ3) is 8.33. The van der Waals surface area contributed by atoms with Crippen LogP contribution in [0.1, 0.15) is 49.3 Å². The Hall–Kier alpha value is -3.85. The summed E-state index contributed by atoms with van der Waals surface area (Å²) in [5.74, 6) is -0.113. The zero-order valence-electron chi connectivity index (χ0n) is 24.0. The maximum absolute atomic E-state index is 13.8. The van der Waals surface area contributed by atoms with Crippen molar-refractivity contribution in [3.63, 3.8) is 0 Å². The molecule has 4 rings (SSSR count). The molecule has 0 aromatic heterocycles. The van der Waals surface area contributed by atoms with E-state index in [9.17, 15) is 18.0 Å². The second-order valence-electron chi connectivity index (χ2n) is 10.7. The Bertz CT molecular complexity index is 1420. The zero-order chi connectivity index (χ0) is 29.4. The van der Waals surface area contributed by atoms with Gasteiger partial charge in [-0.2, -0.15) is 0 Å². The lowest BCUT2D eigenvalue weighted by atomic mass is 10.1. The highest BCUT2D eigenvalue weighted by atomic mass is 32.2. The van der Waals surface area contributed by atoms with Gasteiger partial charge < -0.3 is 15.0 Å². The number of ether oxygens (including phenoxy) is 1. The van der Waals surface area contributed by atoms with Gasteiger partial charge in [0.25, 0.3) is 0 Å². The van der Waals surface area contributed by atoms with Crippen molar-refractivity contribution in [3.05, 3.63) is 95.6 Å². The van der Waals surface area contributed by atoms with Crippen LogP contribution in [-0.4, -0.2) is 50.0 Å². The first-order chi connectivity index (χ1) is 19.6. The molecule has 1 aliphatic rings. The molecule has 0 radical (unpaired) electrons. The first kappa shape index (κ1) is 30.1. The Morgan fingerprint density at radius 2 is 1.59 bits per heavy atom. The molecule has 0 unspecified atom stereocenters. The molecule has 2 amide bonds. The van der Waals surface area contributed by atoms with Crippen molar-refractivity contribution < 1.29 is 22.7 Å². The smallest absolute Gasteiger partial charge is 0.244 e. The number of anilines is 1. The van der Waals surface area contributed by atoms with Crippen molar-refractivity contribution in [1.29, 1.82) is 0 Å². The average molecular weight is 578 g/mol. The Morgan fingerprint density at radius 3 is 2.22 bits per heavy atom. The summed E-state index contributed by atoms with van der Waals surface area (Å²) in [6, 6.07) is 23.3. The number of hydrogen-bond acceptors (Lipinski definition) is 5. The number of sulfonamides is 1. The molecule has 0 aliphatic heterocycles. The molecular weight excluding hydrogens is 538 g/mol. The Balaban J connectivity index is 1.53.